The maximum atomic E-state index is 11.0. The van der Waals surface area contributed by atoms with E-state index in [0.29, 0.717) is 23.3 Å². The molecule has 0 spiro atoms. The normalized spacial score (nSPS) is 13.6. The van der Waals surface area contributed by atoms with Gasteiger partial charge in [-0.3, -0.25) is 0 Å². The first-order chi connectivity index (χ1) is 44.1. The van der Waals surface area contributed by atoms with Crippen LogP contribution in [-0.2, 0) is 16.2 Å². The highest BCUT2D eigenvalue weighted by molar-refractivity contribution is 5.89. The molecule has 91 heavy (non-hydrogen) atoms. The van der Waals surface area contributed by atoms with Crippen LogP contribution in [0, 0.1) is 0 Å². The van der Waals surface area contributed by atoms with E-state index >= 15 is 0 Å². The minimum atomic E-state index is -0.651. The van der Waals surface area contributed by atoms with Gasteiger partial charge in [0.15, 0.2) is 0 Å². The average Bonchev–Trinajstić information content (AvgIpc) is 1.58. The Bertz CT molecular complexity index is 4280. The van der Waals surface area contributed by atoms with Crippen LogP contribution in [0.4, 0.5) is 0 Å². The molecule has 2 atom stereocenters. The molecule has 0 aromatic heterocycles. The molecule has 12 aromatic rings. The predicted molar refractivity (Wildman–Crippen MR) is 371 cm³/mol. The third-order valence-corrected chi connectivity index (χ3v) is 19.3. The Labute approximate surface area is 535 Å². The number of phenols is 6. The second-order valence-corrected chi connectivity index (χ2v) is 24.8. The van der Waals surface area contributed by atoms with Crippen molar-refractivity contribution < 1.29 is 30.6 Å². The zero-order valence-corrected chi connectivity index (χ0v) is 52.3. The quantitative estimate of drug-likeness (QED) is 0.0725. The van der Waals surface area contributed by atoms with Crippen LogP contribution in [0.2, 0.25) is 0 Å². The third-order valence-electron chi connectivity index (χ3n) is 19.3. The summed E-state index contributed by atoms with van der Waals surface area (Å²) in [7, 11) is 0. The summed E-state index contributed by atoms with van der Waals surface area (Å²) in [5.41, 5.74) is 20.4. The van der Waals surface area contributed by atoms with Gasteiger partial charge in [0.1, 0.15) is 34.5 Å². The molecule has 6 nitrogen and oxygen atoms in total. The van der Waals surface area contributed by atoms with E-state index < -0.39 is 10.8 Å². The summed E-state index contributed by atoms with van der Waals surface area (Å²) in [6.45, 7) is 13.0. The molecule has 0 heterocycles. The number of benzene rings is 12. The van der Waals surface area contributed by atoms with E-state index in [1.807, 2.05) is 133 Å². The molecule has 0 saturated heterocycles. The average molecular weight is 1190 g/mol. The first-order valence-electron chi connectivity index (χ1n) is 31.5. The second kappa shape index (κ2) is 25.1. The van der Waals surface area contributed by atoms with Gasteiger partial charge in [0.05, 0.1) is 10.8 Å². The Hall–Kier alpha value is -10.6. The van der Waals surface area contributed by atoms with Crippen LogP contribution in [0.5, 0.6) is 34.5 Å². The smallest absolute Gasteiger partial charge is 0.123 e. The molecule has 0 radical (unpaired) electrons. The van der Waals surface area contributed by atoms with Gasteiger partial charge in [-0.15, -0.1) is 0 Å². The highest BCUT2D eigenvalue weighted by Gasteiger charge is 2.48. The summed E-state index contributed by atoms with van der Waals surface area (Å²) >= 11 is 0. The van der Waals surface area contributed by atoms with Crippen LogP contribution in [0.15, 0.2) is 279 Å². The molecule has 0 saturated carbocycles. The monoisotopic (exact) mass is 1190 g/mol. The van der Waals surface area contributed by atoms with Crippen LogP contribution in [0.1, 0.15) is 133 Å². The minimum absolute atomic E-state index is 0.203. The number of aromatic hydroxyl groups is 6. The third kappa shape index (κ3) is 10.9. The Morgan fingerprint density at radius 1 is 0.297 bits per heavy atom. The Morgan fingerprint density at radius 3 is 0.912 bits per heavy atom. The fraction of sp³-hybridized carbons (Fsp3) is 0.153. The first kappa shape index (κ1) is 60.7. The summed E-state index contributed by atoms with van der Waals surface area (Å²) in [4.78, 5) is 0. The lowest BCUT2D eigenvalue weighted by molar-refractivity contribution is 0.459. The van der Waals surface area contributed by atoms with Gasteiger partial charge >= 0.3 is 0 Å². The largest absolute Gasteiger partial charge is 0.508 e. The molecule has 0 amide bonds. The lowest BCUT2D eigenvalue weighted by Gasteiger charge is -2.34. The lowest BCUT2D eigenvalue weighted by atomic mass is 9.67. The predicted octanol–water partition coefficient (Wildman–Crippen LogP) is 20.7. The summed E-state index contributed by atoms with van der Waals surface area (Å²) in [5.74, 6) is 2.39. The minimum Gasteiger partial charge on any atom is -0.508 e. The van der Waals surface area contributed by atoms with E-state index in [9.17, 15) is 30.6 Å². The van der Waals surface area contributed by atoms with E-state index in [0.717, 1.165) is 68.5 Å². The second-order valence-electron chi connectivity index (χ2n) is 24.8. The van der Waals surface area contributed by atoms with Gasteiger partial charge < -0.3 is 30.6 Å². The van der Waals surface area contributed by atoms with Crippen molar-refractivity contribution in [1.82, 2.24) is 0 Å². The molecular weight excluding hydrogens is 1120 g/mol. The maximum Gasteiger partial charge on any atom is 0.123 e. The summed E-state index contributed by atoms with van der Waals surface area (Å²) in [6.07, 6.45) is 1.99. The molecular formula is C85H76O6. The number of fused-ring (bicyclic) bond motifs is 6. The molecule has 2 aliphatic carbocycles. The van der Waals surface area contributed by atoms with E-state index in [1.54, 1.807) is 24.3 Å². The molecule has 2 aliphatic rings. The van der Waals surface area contributed by atoms with Crippen molar-refractivity contribution in [3.63, 3.8) is 0 Å². The first-order valence-corrected chi connectivity index (χ1v) is 31.5. The summed E-state index contributed by atoms with van der Waals surface area (Å²) in [5, 5.41) is 62.1. The van der Waals surface area contributed by atoms with Crippen molar-refractivity contribution in [3.05, 3.63) is 346 Å². The molecule has 6 N–H and O–H groups in total. The van der Waals surface area contributed by atoms with E-state index in [1.165, 1.54) is 55.6 Å². The molecule has 0 bridgehead atoms. The number of hydrogen-bond donors (Lipinski definition) is 6. The Balaban J connectivity index is 0.000000137. The summed E-state index contributed by atoms with van der Waals surface area (Å²) in [6, 6.07) is 92.9. The van der Waals surface area contributed by atoms with Gasteiger partial charge in [-0.05, 0) is 185 Å². The van der Waals surface area contributed by atoms with Gasteiger partial charge in [0, 0.05) is 16.5 Å². The zero-order chi connectivity index (χ0) is 63.6. The molecule has 12 aromatic carbocycles. The van der Waals surface area contributed by atoms with Crippen LogP contribution in [0.25, 0.3) is 44.5 Å². The van der Waals surface area contributed by atoms with E-state index in [-0.39, 0.29) is 28.4 Å². The molecule has 0 aliphatic heterocycles. The number of rotatable bonds is 12. The number of hydrogen-bond acceptors (Lipinski definition) is 6. The van der Waals surface area contributed by atoms with Crippen molar-refractivity contribution in [1.29, 1.82) is 0 Å². The molecule has 6 heteroatoms. The van der Waals surface area contributed by atoms with E-state index in [4.69, 9.17) is 0 Å². The van der Waals surface area contributed by atoms with Crippen molar-refractivity contribution in [2.45, 2.75) is 82.5 Å². The molecule has 0 fully saturated rings. The molecule has 2 unspecified atom stereocenters. The van der Waals surface area contributed by atoms with Crippen LogP contribution in [0.3, 0.4) is 0 Å². The maximum absolute atomic E-state index is 11.0. The topological polar surface area (TPSA) is 121 Å². The molecule has 14 rings (SSSR count). The highest BCUT2D eigenvalue weighted by atomic mass is 16.3. The van der Waals surface area contributed by atoms with Crippen LogP contribution in [-0.4, -0.2) is 30.6 Å². The number of phenolic OH excluding ortho intramolecular Hbond substituents is 6. The van der Waals surface area contributed by atoms with Crippen molar-refractivity contribution >= 4 is 0 Å². The van der Waals surface area contributed by atoms with Gasteiger partial charge in [0.25, 0.3) is 0 Å². The lowest BCUT2D eigenvalue weighted by Crippen LogP contribution is -2.28. The van der Waals surface area contributed by atoms with Crippen LogP contribution < -0.4 is 0 Å². The fourth-order valence-corrected chi connectivity index (χ4v) is 14.0. The highest BCUT2D eigenvalue weighted by Crippen LogP contribution is 2.59. The Kier molecular flexibility index (Phi) is 16.8. The van der Waals surface area contributed by atoms with Crippen LogP contribution >= 0.6 is 0 Å². The SMILES string of the molecule is CCC(C)c1cc(C(C)(C)c2ccc(O)c(C(C)CC)c2)ccc1O.Oc1ccc(C2(c3ccc(O)c(-c4ccccc4)c3)c3ccccc3-c3ccccc32)cc1-c1ccccc1.Oc1ccc(C2(c3ccc(O)cc3)c3ccccc3-c3ccccc32)cc1. The van der Waals surface area contributed by atoms with Crippen molar-refractivity contribution in [2.75, 3.05) is 0 Å². The van der Waals surface area contributed by atoms with Crippen molar-refractivity contribution in [3.8, 4) is 79.0 Å². The van der Waals surface area contributed by atoms with E-state index in [2.05, 4.69) is 163 Å². The van der Waals surface area contributed by atoms with Gasteiger partial charge in [-0.2, -0.15) is 0 Å². The standard InChI is InChI=1S/C37H26O2.C25H18O2.C23H32O2/c38-35-21-19-27(23-31(35)25-11-3-1-4-12-25)37(28-20-22-36(39)32(24-28)26-13-5-2-6-14-26)33-17-9-7-15-29(33)30-16-8-10-18-34(30)37;26-19-13-9-17(10-14-19)25(18-11-15-20(27)16-12-18)23-7-3-1-5-21(23)22-6-2-4-8-24(22)25;1-7-15(3)19-13-17(9-11-21(19)24)23(5,6)18-10-12-22(25)20(14-18)16(4)8-2/h1-24,38-39H;1-16,26-27H;9-16,24-25H,7-8H2,1-6H3. The Morgan fingerprint density at radius 2 is 0.582 bits per heavy atom. The van der Waals surface area contributed by atoms with Gasteiger partial charge in [0.2, 0.25) is 0 Å². The zero-order valence-electron chi connectivity index (χ0n) is 52.3. The summed E-state index contributed by atoms with van der Waals surface area (Å²) < 4.78 is 0. The van der Waals surface area contributed by atoms with Gasteiger partial charge in [-0.25, -0.2) is 0 Å². The molecule has 452 valence electrons. The fourth-order valence-electron chi connectivity index (χ4n) is 14.0. The van der Waals surface area contributed by atoms with Crippen molar-refractivity contribution in [2.24, 2.45) is 0 Å². The van der Waals surface area contributed by atoms with Gasteiger partial charge in [-0.1, -0.05) is 260 Å².